The van der Waals surface area contributed by atoms with Crippen molar-refractivity contribution in [3.63, 3.8) is 0 Å². The molecule has 4 nitrogen and oxygen atoms in total. The van der Waals surface area contributed by atoms with Crippen LogP contribution in [0.4, 0.5) is 19.3 Å². The lowest BCUT2D eigenvalue weighted by molar-refractivity contribution is 0.250. The summed E-state index contributed by atoms with van der Waals surface area (Å²) >= 11 is 0. The molecule has 0 aliphatic rings. The Morgan fingerprint density at radius 3 is 2.29 bits per heavy atom. The van der Waals surface area contributed by atoms with Crippen LogP contribution in [0.5, 0.6) is 0 Å². The molecular formula is C18H20F2N2O2. The van der Waals surface area contributed by atoms with Crippen molar-refractivity contribution in [2.24, 2.45) is 0 Å². The Morgan fingerprint density at radius 2 is 1.67 bits per heavy atom. The van der Waals surface area contributed by atoms with Crippen LogP contribution in [-0.4, -0.2) is 24.3 Å². The van der Waals surface area contributed by atoms with Crippen LogP contribution in [0, 0.1) is 11.6 Å². The van der Waals surface area contributed by atoms with Gasteiger partial charge in [-0.2, -0.15) is 0 Å². The van der Waals surface area contributed by atoms with E-state index in [1.165, 1.54) is 6.07 Å². The highest BCUT2D eigenvalue weighted by atomic mass is 19.1. The average Bonchev–Trinajstić information content (AvgIpc) is 2.58. The zero-order valence-electron chi connectivity index (χ0n) is 13.1. The number of amides is 2. The molecule has 0 radical (unpaired) electrons. The Kier molecular flexibility index (Phi) is 6.69. The monoisotopic (exact) mass is 334 g/mol. The first-order chi connectivity index (χ1) is 11.6. The summed E-state index contributed by atoms with van der Waals surface area (Å²) in [5, 5.41) is 13.9. The molecule has 24 heavy (non-hydrogen) atoms. The van der Waals surface area contributed by atoms with Crippen LogP contribution in [0.2, 0.25) is 0 Å². The minimum absolute atomic E-state index is 0.0478. The second-order valence-electron chi connectivity index (χ2n) is 5.39. The van der Waals surface area contributed by atoms with E-state index in [4.69, 9.17) is 0 Å². The fraction of sp³-hybridized carbons (Fsp3) is 0.278. The molecule has 0 saturated carbocycles. The number of hydrogen-bond donors (Lipinski definition) is 3. The molecule has 2 rings (SSSR count). The average molecular weight is 334 g/mol. The summed E-state index contributed by atoms with van der Waals surface area (Å²) in [4.78, 5) is 11.8. The van der Waals surface area contributed by atoms with E-state index in [1.54, 1.807) is 0 Å². The minimum atomic E-state index is -0.826. The molecule has 3 N–H and O–H groups in total. The highest BCUT2D eigenvalue weighted by Gasteiger charge is 2.13. The van der Waals surface area contributed by atoms with E-state index in [2.05, 4.69) is 10.6 Å². The van der Waals surface area contributed by atoms with Gasteiger partial charge in [-0.25, -0.2) is 13.6 Å². The quantitative estimate of drug-likeness (QED) is 0.724. The third kappa shape index (κ3) is 5.03. The maximum Gasteiger partial charge on any atom is 0.319 e. The summed E-state index contributed by atoms with van der Waals surface area (Å²) in [6.45, 7) is 0.369. The van der Waals surface area contributed by atoms with Crippen molar-refractivity contribution >= 4 is 11.7 Å². The van der Waals surface area contributed by atoms with Gasteiger partial charge < -0.3 is 15.7 Å². The van der Waals surface area contributed by atoms with Crippen molar-refractivity contribution in [1.82, 2.24) is 5.32 Å². The van der Waals surface area contributed by atoms with Gasteiger partial charge in [-0.15, -0.1) is 0 Å². The molecule has 1 atom stereocenters. The van der Waals surface area contributed by atoms with Crippen LogP contribution < -0.4 is 10.6 Å². The first-order valence-electron chi connectivity index (χ1n) is 7.76. The molecule has 0 fully saturated rings. The normalized spacial score (nSPS) is 11.8. The lowest BCUT2D eigenvalue weighted by atomic mass is 9.93. The smallest absolute Gasteiger partial charge is 0.319 e. The lowest BCUT2D eigenvalue weighted by Gasteiger charge is -2.17. The van der Waals surface area contributed by atoms with Crippen LogP contribution >= 0.6 is 0 Å². The summed E-state index contributed by atoms with van der Waals surface area (Å²) in [7, 11) is 0. The van der Waals surface area contributed by atoms with Crippen LogP contribution in [0.15, 0.2) is 48.5 Å². The summed E-state index contributed by atoms with van der Waals surface area (Å²) in [6.07, 6.45) is 1.19. The number of benzene rings is 2. The predicted octanol–water partition coefficient (Wildman–Crippen LogP) is 3.64. The summed E-state index contributed by atoms with van der Waals surface area (Å²) < 4.78 is 26.9. The Morgan fingerprint density at radius 1 is 1.00 bits per heavy atom. The fourth-order valence-electron chi connectivity index (χ4n) is 2.49. The number of rotatable bonds is 7. The zero-order chi connectivity index (χ0) is 17.4. The molecule has 0 unspecified atom stereocenters. The molecule has 2 amide bonds. The van der Waals surface area contributed by atoms with Crippen molar-refractivity contribution in [2.45, 2.75) is 18.8 Å². The largest absolute Gasteiger partial charge is 0.396 e. The second-order valence-corrected chi connectivity index (χ2v) is 5.39. The van der Waals surface area contributed by atoms with Gasteiger partial charge in [-0.1, -0.05) is 36.4 Å². The number of carbonyl (C=O) groups is 1. The number of hydrogen-bond acceptors (Lipinski definition) is 2. The number of urea groups is 1. The van der Waals surface area contributed by atoms with E-state index in [0.717, 1.165) is 17.7 Å². The Labute approximate surface area is 139 Å². The number of nitrogens with one attached hydrogen (secondary N) is 2. The molecule has 0 heterocycles. The summed E-state index contributed by atoms with van der Waals surface area (Å²) in [6, 6.07) is 12.4. The lowest BCUT2D eigenvalue weighted by Crippen LogP contribution is -2.31. The van der Waals surface area contributed by atoms with Crippen molar-refractivity contribution in [3.05, 3.63) is 65.7 Å². The number of carbonyl (C=O) groups excluding carboxylic acids is 1. The zero-order valence-corrected chi connectivity index (χ0v) is 13.1. The SMILES string of the molecule is O=C(NCC[C@H](CCO)c1ccccc1)Nc1c(F)cccc1F. The molecular weight excluding hydrogens is 314 g/mol. The van der Waals surface area contributed by atoms with Gasteiger partial charge >= 0.3 is 6.03 Å². The Balaban J connectivity index is 1.87. The van der Waals surface area contributed by atoms with Gasteiger partial charge in [-0.05, 0) is 36.5 Å². The van der Waals surface area contributed by atoms with Crippen molar-refractivity contribution in [1.29, 1.82) is 0 Å². The maximum atomic E-state index is 13.5. The van der Waals surface area contributed by atoms with E-state index in [1.807, 2.05) is 30.3 Å². The summed E-state index contributed by atoms with van der Waals surface area (Å²) in [5.41, 5.74) is 0.610. The van der Waals surface area contributed by atoms with Crippen LogP contribution in [0.25, 0.3) is 0 Å². The number of anilines is 1. The molecule has 0 aliphatic heterocycles. The van der Waals surface area contributed by atoms with Gasteiger partial charge in [0, 0.05) is 13.2 Å². The van der Waals surface area contributed by atoms with Crippen molar-refractivity contribution in [3.8, 4) is 0 Å². The van der Waals surface area contributed by atoms with Crippen LogP contribution in [0.1, 0.15) is 24.3 Å². The second kappa shape index (κ2) is 8.98. The Bertz CT molecular complexity index is 645. The molecule has 6 heteroatoms. The molecule has 0 aliphatic carbocycles. The van der Waals surface area contributed by atoms with E-state index in [9.17, 15) is 18.7 Å². The predicted molar refractivity (Wildman–Crippen MR) is 88.9 cm³/mol. The number of aliphatic hydroxyl groups is 1. The van der Waals surface area contributed by atoms with Gasteiger partial charge in [0.05, 0.1) is 0 Å². The minimum Gasteiger partial charge on any atom is -0.396 e. The van der Waals surface area contributed by atoms with Crippen LogP contribution in [0.3, 0.4) is 0 Å². The number of para-hydroxylation sites is 1. The van der Waals surface area contributed by atoms with Crippen molar-refractivity contribution < 1.29 is 18.7 Å². The topological polar surface area (TPSA) is 61.4 Å². The van der Waals surface area contributed by atoms with Gasteiger partial charge in [-0.3, -0.25) is 0 Å². The molecule has 2 aromatic rings. The van der Waals surface area contributed by atoms with E-state index >= 15 is 0 Å². The summed E-state index contributed by atoms with van der Waals surface area (Å²) in [5.74, 6) is -1.55. The molecule has 0 bridgehead atoms. The van der Waals surface area contributed by atoms with Gasteiger partial charge in [0.25, 0.3) is 0 Å². The molecule has 0 spiro atoms. The molecule has 0 aromatic heterocycles. The third-order valence-electron chi connectivity index (χ3n) is 3.73. The first kappa shape index (κ1) is 17.9. The third-order valence-corrected chi connectivity index (χ3v) is 3.73. The Hall–Kier alpha value is -2.47. The molecule has 128 valence electrons. The molecule has 2 aromatic carbocycles. The maximum absolute atomic E-state index is 13.5. The molecule has 0 saturated heterocycles. The van der Waals surface area contributed by atoms with Gasteiger partial charge in [0.15, 0.2) is 0 Å². The standard InChI is InChI=1S/C18H20F2N2O2/c19-15-7-4-8-16(20)17(15)22-18(24)21-11-9-14(10-12-23)13-5-2-1-3-6-13/h1-8,14,23H,9-12H2,(H2,21,22,24)/t14-/m1/s1. The fourth-order valence-corrected chi connectivity index (χ4v) is 2.49. The van der Waals surface area contributed by atoms with E-state index in [-0.39, 0.29) is 12.5 Å². The first-order valence-corrected chi connectivity index (χ1v) is 7.76. The van der Waals surface area contributed by atoms with Gasteiger partial charge in [0.1, 0.15) is 17.3 Å². The number of halogens is 2. The highest BCUT2D eigenvalue weighted by molar-refractivity contribution is 5.89. The van der Waals surface area contributed by atoms with Crippen molar-refractivity contribution in [2.75, 3.05) is 18.5 Å². The van der Waals surface area contributed by atoms with Crippen LogP contribution in [-0.2, 0) is 0 Å². The van der Waals surface area contributed by atoms with Gasteiger partial charge in [0.2, 0.25) is 0 Å². The highest BCUT2D eigenvalue weighted by Crippen LogP contribution is 2.22. The van der Waals surface area contributed by atoms with E-state index < -0.39 is 23.4 Å². The number of aliphatic hydroxyl groups excluding tert-OH is 1. The van der Waals surface area contributed by atoms with E-state index in [0.29, 0.717) is 19.4 Å².